The molecule has 0 N–H and O–H groups in total. The highest BCUT2D eigenvalue weighted by Gasteiger charge is 2.36. The van der Waals surface area contributed by atoms with E-state index in [9.17, 15) is 23.2 Å². The lowest BCUT2D eigenvalue weighted by atomic mass is 10.0. The molecule has 31 heavy (non-hydrogen) atoms. The third-order valence-corrected chi connectivity index (χ3v) is 4.13. The van der Waals surface area contributed by atoms with Crippen LogP contribution < -0.4 is 0 Å². The highest BCUT2D eigenvalue weighted by molar-refractivity contribution is 5.96. The second-order valence-electron chi connectivity index (χ2n) is 6.13. The molecule has 3 rings (SSSR count). The molecule has 2 aromatic carbocycles. The minimum absolute atomic E-state index is 0.0302. The summed E-state index contributed by atoms with van der Waals surface area (Å²) < 4.78 is 52.0. The molecule has 1 heterocycles. The summed E-state index contributed by atoms with van der Waals surface area (Å²) in [5.41, 5.74) is -1.19. The Labute approximate surface area is 175 Å². The Hall–Kier alpha value is -4.06. The van der Waals surface area contributed by atoms with Gasteiger partial charge in [-0.25, -0.2) is 9.48 Å². The van der Waals surface area contributed by atoms with Gasteiger partial charge in [0.05, 0.1) is 17.9 Å². The highest BCUT2D eigenvalue weighted by atomic mass is 19.4. The summed E-state index contributed by atoms with van der Waals surface area (Å²) in [6.07, 6.45) is -4.44. The minimum Gasteiger partial charge on any atom is -0.434 e. The molecule has 0 saturated carbocycles. The number of benzene rings is 2. The third-order valence-electron chi connectivity index (χ3n) is 4.13. The third kappa shape index (κ3) is 4.93. The molecule has 0 aliphatic heterocycles. The van der Waals surface area contributed by atoms with Crippen molar-refractivity contribution < 1.29 is 27.4 Å². The van der Waals surface area contributed by atoms with E-state index in [2.05, 4.69) is 5.10 Å². The smallest absolute Gasteiger partial charge is 0.434 e. The number of hydrogen-bond acceptors (Lipinski definition) is 5. The summed E-state index contributed by atoms with van der Waals surface area (Å²) in [7, 11) is 0. The van der Waals surface area contributed by atoms with Crippen LogP contribution in [-0.2, 0) is 15.7 Å². The molecule has 0 aliphatic rings. The van der Waals surface area contributed by atoms with Crippen LogP contribution in [0.3, 0.4) is 0 Å². The molecular formula is C22H16F3N3O3. The number of nitrogens with zero attached hydrogens (tertiary/aromatic N) is 3. The average Bonchev–Trinajstić information content (AvgIpc) is 3.24. The van der Waals surface area contributed by atoms with Gasteiger partial charge in [0, 0.05) is 11.8 Å². The molecule has 6 nitrogen and oxygen atoms in total. The molecular weight excluding hydrogens is 411 g/mol. The fourth-order valence-corrected chi connectivity index (χ4v) is 2.81. The summed E-state index contributed by atoms with van der Waals surface area (Å²) in [6, 6.07) is 16.7. The van der Waals surface area contributed by atoms with Gasteiger partial charge in [-0.2, -0.15) is 23.5 Å². The predicted octanol–water partition coefficient (Wildman–Crippen LogP) is 5.46. The van der Waals surface area contributed by atoms with E-state index in [4.69, 9.17) is 9.47 Å². The van der Waals surface area contributed by atoms with Crippen molar-refractivity contribution in [3.8, 4) is 11.8 Å². The molecule has 0 atom stereocenters. The number of carbonyl (C=O) groups is 1. The number of hydrogen-bond donors (Lipinski definition) is 0. The summed E-state index contributed by atoms with van der Waals surface area (Å²) in [5.74, 6) is -0.591. The largest absolute Gasteiger partial charge is 0.513 e. The second kappa shape index (κ2) is 9.17. The van der Waals surface area contributed by atoms with Crippen molar-refractivity contribution in [2.45, 2.75) is 13.1 Å². The van der Waals surface area contributed by atoms with Crippen LogP contribution in [0.5, 0.6) is 0 Å². The first-order valence-corrected chi connectivity index (χ1v) is 9.12. The van der Waals surface area contributed by atoms with E-state index in [0.717, 1.165) is 12.1 Å². The Morgan fingerprint density at radius 2 is 1.77 bits per heavy atom. The maximum Gasteiger partial charge on any atom is 0.513 e. The van der Waals surface area contributed by atoms with Crippen molar-refractivity contribution >= 4 is 17.5 Å². The molecule has 1 aromatic heterocycles. The topological polar surface area (TPSA) is 77.1 Å². The van der Waals surface area contributed by atoms with E-state index < -0.39 is 29.2 Å². The van der Waals surface area contributed by atoms with Crippen molar-refractivity contribution in [1.29, 1.82) is 5.26 Å². The molecule has 0 amide bonds. The van der Waals surface area contributed by atoms with Gasteiger partial charge in [-0.05, 0) is 31.2 Å². The Morgan fingerprint density at radius 1 is 1.10 bits per heavy atom. The number of allylic oxidation sites excluding steroid dienone is 1. The number of ether oxygens (including phenoxy) is 2. The molecule has 0 bridgehead atoms. The van der Waals surface area contributed by atoms with Crippen LogP contribution in [-0.4, -0.2) is 22.5 Å². The van der Waals surface area contributed by atoms with Gasteiger partial charge in [0.25, 0.3) is 0 Å². The zero-order valence-corrected chi connectivity index (χ0v) is 16.3. The zero-order chi connectivity index (χ0) is 22.4. The summed E-state index contributed by atoms with van der Waals surface area (Å²) in [5, 5.41) is 14.0. The molecule has 3 aromatic rings. The zero-order valence-electron chi connectivity index (χ0n) is 16.3. The lowest BCUT2D eigenvalue weighted by Gasteiger charge is -2.16. The molecule has 0 unspecified atom stereocenters. The van der Waals surface area contributed by atoms with Crippen LogP contribution in [0.25, 0.3) is 17.0 Å². The molecule has 9 heteroatoms. The molecule has 0 spiro atoms. The van der Waals surface area contributed by atoms with Crippen LogP contribution >= 0.6 is 0 Å². The highest BCUT2D eigenvalue weighted by Crippen LogP contribution is 2.37. The average molecular weight is 427 g/mol. The predicted molar refractivity (Wildman–Crippen MR) is 106 cm³/mol. The monoisotopic (exact) mass is 427 g/mol. The van der Waals surface area contributed by atoms with Gasteiger partial charge in [-0.3, -0.25) is 0 Å². The SMILES string of the molecule is CCOC(=O)OC(=C(C#N)c1ccn(-c2ccccc2)n1)c1ccccc1C(F)(F)F. The number of halogens is 3. The standard InChI is InChI=1S/C22H16F3N3O3/c1-2-30-21(29)31-20(16-10-6-7-11-18(16)22(23,24)25)17(14-26)19-12-13-28(27-19)15-8-4-3-5-9-15/h3-13H,2H2,1H3. The Kier molecular flexibility index (Phi) is 6.40. The van der Waals surface area contributed by atoms with Gasteiger partial charge < -0.3 is 9.47 Å². The van der Waals surface area contributed by atoms with E-state index >= 15 is 0 Å². The Bertz CT molecular complexity index is 1150. The first kappa shape index (κ1) is 21.6. The summed E-state index contributed by atoms with van der Waals surface area (Å²) >= 11 is 0. The van der Waals surface area contributed by atoms with Crippen molar-refractivity contribution in [2.75, 3.05) is 6.61 Å². The molecule has 0 radical (unpaired) electrons. The van der Waals surface area contributed by atoms with E-state index in [1.165, 1.54) is 29.8 Å². The minimum atomic E-state index is -4.75. The molecule has 158 valence electrons. The normalized spacial score (nSPS) is 12.0. The van der Waals surface area contributed by atoms with E-state index in [-0.39, 0.29) is 17.9 Å². The maximum atomic E-state index is 13.6. The fraction of sp³-hybridized carbons (Fsp3) is 0.136. The van der Waals surface area contributed by atoms with Gasteiger partial charge >= 0.3 is 12.3 Å². The number of para-hydroxylation sites is 1. The Morgan fingerprint density at radius 3 is 2.42 bits per heavy atom. The van der Waals surface area contributed by atoms with Gasteiger partial charge in [-0.1, -0.05) is 36.4 Å². The molecule has 0 fully saturated rings. The Balaban J connectivity index is 2.19. The van der Waals surface area contributed by atoms with Crippen LogP contribution in [0.1, 0.15) is 23.7 Å². The number of rotatable bonds is 5. The van der Waals surface area contributed by atoms with Crippen molar-refractivity contribution in [1.82, 2.24) is 9.78 Å². The van der Waals surface area contributed by atoms with E-state index in [0.29, 0.717) is 5.69 Å². The van der Waals surface area contributed by atoms with Crippen molar-refractivity contribution in [3.63, 3.8) is 0 Å². The summed E-state index contributed by atoms with van der Waals surface area (Å²) in [6.45, 7) is 1.46. The first-order chi connectivity index (χ1) is 14.8. The number of aromatic nitrogens is 2. The van der Waals surface area contributed by atoms with E-state index in [1.54, 1.807) is 30.5 Å². The lowest BCUT2D eigenvalue weighted by Crippen LogP contribution is -2.13. The van der Waals surface area contributed by atoms with Crippen LogP contribution in [0.15, 0.2) is 66.9 Å². The second-order valence-corrected chi connectivity index (χ2v) is 6.13. The van der Waals surface area contributed by atoms with Crippen LogP contribution in [0.4, 0.5) is 18.0 Å². The van der Waals surface area contributed by atoms with Gasteiger partial charge in [-0.15, -0.1) is 0 Å². The van der Waals surface area contributed by atoms with Gasteiger partial charge in [0.2, 0.25) is 0 Å². The van der Waals surface area contributed by atoms with E-state index in [1.807, 2.05) is 12.1 Å². The van der Waals surface area contributed by atoms with Crippen LogP contribution in [0, 0.1) is 11.3 Å². The van der Waals surface area contributed by atoms with Crippen molar-refractivity contribution in [2.24, 2.45) is 0 Å². The number of alkyl halides is 3. The van der Waals surface area contributed by atoms with Crippen molar-refractivity contribution in [3.05, 3.63) is 83.7 Å². The number of nitriles is 1. The summed E-state index contributed by atoms with van der Waals surface area (Å²) in [4.78, 5) is 12.0. The lowest BCUT2D eigenvalue weighted by molar-refractivity contribution is -0.137. The molecule has 0 aliphatic carbocycles. The maximum absolute atomic E-state index is 13.6. The number of carbonyl (C=O) groups excluding carboxylic acids is 1. The van der Waals surface area contributed by atoms with Gasteiger partial charge in [0.15, 0.2) is 5.76 Å². The fourth-order valence-electron chi connectivity index (χ4n) is 2.81. The van der Waals surface area contributed by atoms with Crippen LogP contribution in [0.2, 0.25) is 0 Å². The quantitative estimate of drug-likeness (QED) is 0.307. The van der Waals surface area contributed by atoms with Gasteiger partial charge in [0.1, 0.15) is 17.3 Å². The first-order valence-electron chi connectivity index (χ1n) is 9.12. The molecule has 0 saturated heterocycles.